The Morgan fingerprint density at radius 2 is 2.29 bits per heavy atom. The summed E-state index contributed by atoms with van der Waals surface area (Å²) in [6.07, 6.45) is 3.55. The van der Waals surface area contributed by atoms with Crippen molar-refractivity contribution in [1.82, 2.24) is 9.80 Å². The van der Waals surface area contributed by atoms with Crippen molar-refractivity contribution in [1.29, 1.82) is 0 Å². The van der Waals surface area contributed by atoms with Crippen molar-refractivity contribution in [3.8, 4) is 0 Å². The fraction of sp³-hybridized carbons (Fsp3) is 0.600. The third-order valence-corrected chi connectivity index (χ3v) is 4.39. The lowest BCUT2D eigenvalue weighted by Crippen LogP contribution is -2.49. The SMILES string of the molecule is COCC(=O)N1CCC[C@@H]2CN(C(=O)c3ccco3)C[C@H]21. The molecule has 2 atom stereocenters. The van der Waals surface area contributed by atoms with Crippen molar-refractivity contribution in [3.63, 3.8) is 0 Å². The number of carbonyl (C=O) groups is 2. The van der Waals surface area contributed by atoms with Gasteiger partial charge in [-0.1, -0.05) is 0 Å². The number of hydrogen-bond donors (Lipinski definition) is 0. The number of methoxy groups -OCH3 is 1. The van der Waals surface area contributed by atoms with Gasteiger partial charge in [0.1, 0.15) is 6.61 Å². The summed E-state index contributed by atoms with van der Waals surface area (Å²) in [5, 5.41) is 0. The Morgan fingerprint density at radius 1 is 1.43 bits per heavy atom. The van der Waals surface area contributed by atoms with Crippen LogP contribution in [0.5, 0.6) is 0 Å². The molecule has 0 N–H and O–H groups in total. The predicted molar refractivity (Wildman–Crippen MR) is 74.7 cm³/mol. The predicted octanol–water partition coefficient (Wildman–Crippen LogP) is 0.989. The standard InChI is InChI=1S/C15H20N2O4/c1-20-10-14(18)17-6-2-4-11-8-16(9-12(11)17)15(19)13-5-3-7-21-13/h3,5,7,11-12H,2,4,6,8-10H2,1H3/t11-,12-/m1/s1. The van der Waals surface area contributed by atoms with Gasteiger partial charge in [0.15, 0.2) is 5.76 Å². The van der Waals surface area contributed by atoms with Gasteiger partial charge in [0.25, 0.3) is 5.91 Å². The molecule has 3 heterocycles. The molecule has 2 fully saturated rings. The zero-order chi connectivity index (χ0) is 14.8. The average molecular weight is 292 g/mol. The molecule has 0 radical (unpaired) electrons. The highest BCUT2D eigenvalue weighted by Gasteiger charge is 2.42. The second-order valence-electron chi connectivity index (χ2n) is 5.68. The van der Waals surface area contributed by atoms with Gasteiger partial charge in [-0.15, -0.1) is 0 Å². The molecule has 0 bridgehead atoms. The highest BCUT2D eigenvalue weighted by Crippen LogP contribution is 2.31. The Hall–Kier alpha value is -1.82. The second-order valence-corrected chi connectivity index (χ2v) is 5.68. The van der Waals surface area contributed by atoms with E-state index in [2.05, 4.69) is 0 Å². The first-order valence-electron chi connectivity index (χ1n) is 7.32. The molecule has 21 heavy (non-hydrogen) atoms. The molecule has 1 aromatic heterocycles. The third kappa shape index (κ3) is 2.68. The lowest BCUT2D eigenvalue weighted by atomic mass is 9.92. The molecule has 114 valence electrons. The van der Waals surface area contributed by atoms with Crippen LogP contribution in [0.2, 0.25) is 0 Å². The number of nitrogens with zero attached hydrogens (tertiary/aromatic N) is 2. The van der Waals surface area contributed by atoms with Gasteiger partial charge in [-0.05, 0) is 30.9 Å². The normalized spacial score (nSPS) is 25.0. The minimum atomic E-state index is -0.0893. The Labute approximate surface area is 123 Å². The molecule has 0 spiro atoms. The van der Waals surface area contributed by atoms with Crippen molar-refractivity contribution in [2.75, 3.05) is 33.4 Å². The van der Waals surface area contributed by atoms with Crippen LogP contribution in [-0.4, -0.2) is 61.0 Å². The summed E-state index contributed by atoms with van der Waals surface area (Å²) in [6, 6.07) is 3.50. The summed E-state index contributed by atoms with van der Waals surface area (Å²) in [5.41, 5.74) is 0. The zero-order valence-corrected chi connectivity index (χ0v) is 12.2. The Bertz CT molecular complexity index is 514. The summed E-state index contributed by atoms with van der Waals surface area (Å²) >= 11 is 0. The van der Waals surface area contributed by atoms with Crippen molar-refractivity contribution in [2.24, 2.45) is 5.92 Å². The summed E-state index contributed by atoms with van der Waals surface area (Å²) in [4.78, 5) is 28.2. The number of furan rings is 1. The van der Waals surface area contributed by atoms with E-state index >= 15 is 0 Å². The second kappa shape index (κ2) is 5.89. The molecule has 0 aliphatic carbocycles. The van der Waals surface area contributed by atoms with Crippen LogP contribution in [0.3, 0.4) is 0 Å². The minimum Gasteiger partial charge on any atom is -0.459 e. The maximum atomic E-state index is 12.4. The average Bonchev–Trinajstić information content (AvgIpc) is 3.15. The Morgan fingerprint density at radius 3 is 3.00 bits per heavy atom. The highest BCUT2D eigenvalue weighted by molar-refractivity contribution is 5.91. The molecule has 6 nitrogen and oxygen atoms in total. The molecule has 2 saturated heterocycles. The first-order valence-corrected chi connectivity index (χ1v) is 7.32. The van der Waals surface area contributed by atoms with Crippen LogP contribution in [0.25, 0.3) is 0 Å². The van der Waals surface area contributed by atoms with Gasteiger partial charge >= 0.3 is 0 Å². The lowest BCUT2D eigenvalue weighted by Gasteiger charge is -2.36. The molecule has 1 aromatic rings. The largest absolute Gasteiger partial charge is 0.459 e. The lowest BCUT2D eigenvalue weighted by molar-refractivity contribution is -0.139. The summed E-state index contributed by atoms with van der Waals surface area (Å²) in [5.74, 6) is 0.648. The first-order chi connectivity index (χ1) is 10.2. The van der Waals surface area contributed by atoms with E-state index in [1.807, 2.05) is 4.90 Å². The van der Waals surface area contributed by atoms with E-state index in [1.54, 1.807) is 17.0 Å². The molecule has 6 heteroatoms. The number of rotatable bonds is 3. The van der Waals surface area contributed by atoms with Crippen LogP contribution in [-0.2, 0) is 9.53 Å². The fourth-order valence-electron chi connectivity index (χ4n) is 3.42. The molecular weight excluding hydrogens is 272 g/mol. The minimum absolute atomic E-state index is 0.0134. The summed E-state index contributed by atoms with van der Waals surface area (Å²) in [6.45, 7) is 2.14. The number of hydrogen-bond acceptors (Lipinski definition) is 4. The smallest absolute Gasteiger partial charge is 0.289 e. The third-order valence-electron chi connectivity index (χ3n) is 4.39. The number of ether oxygens (including phenoxy) is 1. The zero-order valence-electron chi connectivity index (χ0n) is 12.2. The van der Waals surface area contributed by atoms with Crippen LogP contribution in [0.4, 0.5) is 0 Å². The van der Waals surface area contributed by atoms with Crippen LogP contribution in [0.15, 0.2) is 22.8 Å². The monoisotopic (exact) mass is 292 g/mol. The topological polar surface area (TPSA) is 63.0 Å². The van der Waals surface area contributed by atoms with Crippen LogP contribution in [0, 0.1) is 5.92 Å². The fourth-order valence-corrected chi connectivity index (χ4v) is 3.42. The van der Waals surface area contributed by atoms with E-state index in [9.17, 15) is 9.59 Å². The highest BCUT2D eigenvalue weighted by atomic mass is 16.5. The summed E-state index contributed by atoms with van der Waals surface area (Å²) < 4.78 is 10.1. The van der Waals surface area contributed by atoms with Crippen molar-refractivity contribution in [2.45, 2.75) is 18.9 Å². The van der Waals surface area contributed by atoms with Crippen molar-refractivity contribution in [3.05, 3.63) is 24.2 Å². The molecule has 3 rings (SSSR count). The Balaban J connectivity index is 1.71. The number of likely N-dealkylation sites (tertiary alicyclic amines) is 2. The molecule has 2 aliphatic rings. The number of fused-ring (bicyclic) bond motifs is 1. The first kappa shape index (κ1) is 14.1. The van der Waals surface area contributed by atoms with Gasteiger partial charge < -0.3 is 19.0 Å². The van der Waals surface area contributed by atoms with Crippen LogP contribution < -0.4 is 0 Å². The maximum Gasteiger partial charge on any atom is 0.289 e. The molecular formula is C15H20N2O4. The molecule has 0 aromatic carbocycles. The molecule has 2 aliphatic heterocycles. The van der Waals surface area contributed by atoms with Gasteiger partial charge in [-0.2, -0.15) is 0 Å². The molecule has 2 amide bonds. The van der Waals surface area contributed by atoms with Gasteiger partial charge in [0.2, 0.25) is 5.91 Å². The van der Waals surface area contributed by atoms with E-state index in [4.69, 9.17) is 9.15 Å². The van der Waals surface area contributed by atoms with Gasteiger partial charge in [-0.25, -0.2) is 0 Å². The number of carbonyl (C=O) groups excluding carboxylic acids is 2. The van der Waals surface area contributed by atoms with Crippen molar-refractivity contribution >= 4 is 11.8 Å². The van der Waals surface area contributed by atoms with E-state index < -0.39 is 0 Å². The van der Waals surface area contributed by atoms with E-state index in [-0.39, 0.29) is 24.5 Å². The quantitative estimate of drug-likeness (QED) is 0.833. The Kier molecular flexibility index (Phi) is 3.96. The number of amides is 2. The van der Waals surface area contributed by atoms with Crippen molar-refractivity contribution < 1.29 is 18.7 Å². The van der Waals surface area contributed by atoms with Gasteiger partial charge in [0, 0.05) is 26.7 Å². The van der Waals surface area contributed by atoms with E-state index in [0.29, 0.717) is 24.8 Å². The summed E-state index contributed by atoms with van der Waals surface area (Å²) in [7, 11) is 1.53. The van der Waals surface area contributed by atoms with Crippen LogP contribution >= 0.6 is 0 Å². The molecule has 0 unspecified atom stereocenters. The van der Waals surface area contributed by atoms with Gasteiger partial charge in [-0.3, -0.25) is 9.59 Å². The molecule has 0 saturated carbocycles. The van der Waals surface area contributed by atoms with Gasteiger partial charge in [0.05, 0.1) is 12.3 Å². The van der Waals surface area contributed by atoms with E-state index in [0.717, 1.165) is 19.4 Å². The van der Waals surface area contributed by atoms with Crippen LogP contribution in [0.1, 0.15) is 23.4 Å². The number of piperidine rings is 1. The maximum absolute atomic E-state index is 12.4. The van der Waals surface area contributed by atoms with E-state index in [1.165, 1.54) is 13.4 Å².